The molecule has 0 saturated carbocycles. The summed E-state index contributed by atoms with van der Waals surface area (Å²) in [5, 5.41) is 0. The highest BCUT2D eigenvalue weighted by Crippen LogP contribution is 2.43. The van der Waals surface area contributed by atoms with Gasteiger partial charge in [-0.05, 0) is 30.0 Å². The Morgan fingerprint density at radius 3 is 2.05 bits per heavy atom. The number of rotatable bonds is 6. The predicted octanol–water partition coefficient (Wildman–Crippen LogP) is 4.79. The van der Waals surface area contributed by atoms with Crippen LogP contribution in [0.5, 0.6) is 17.2 Å². The average molecular weight is 300 g/mol. The fourth-order valence-electron chi connectivity index (χ4n) is 2.53. The summed E-state index contributed by atoms with van der Waals surface area (Å²) in [7, 11) is 3.30. The monoisotopic (exact) mass is 300 g/mol. The Morgan fingerprint density at radius 1 is 0.818 bits per heavy atom. The van der Waals surface area contributed by atoms with E-state index in [1.54, 1.807) is 14.2 Å². The van der Waals surface area contributed by atoms with Crippen molar-refractivity contribution in [3.8, 4) is 17.2 Å². The third-order valence-electron chi connectivity index (χ3n) is 3.68. The molecule has 0 aliphatic heterocycles. The zero-order valence-corrected chi connectivity index (χ0v) is 13.9. The molecule has 3 heteroatoms. The van der Waals surface area contributed by atoms with Gasteiger partial charge in [0.2, 0.25) is 5.75 Å². The maximum absolute atomic E-state index is 6.34. The van der Waals surface area contributed by atoms with E-state index in [-0.39, 0.29) is 6.10 Å². The lowest BCUT2D eigenvalue weighted by Crippen LogP contribution is -2.15. The van der Waals surface area contributed by atoms with Gasteiger partial charge in [-0.25, -0.2) is 0 Å². The second kappa shape index (κ2) is 7.21. The topological polar surface area (TPSA) is 27.7 Å². The summed E-state index contributed by atoms with van der Waals surface area (Å²) in [6.07, 6.45) is -0.0641. The van der Waals surface area contributed by atoms with Crippen molar-refractivity contribution in [3.05, 3.63) is 53.6 Å². The predicted molar refractivity (Wildman–Crippen MR) is 88.9 cm³/mol. The van der Waals surface area contributed by atoms with E-state index >= 15 is 0 Å². The lowest BCUT2D eigenvalue weighted by Gasteiger charge is -2.25. The van der Waals surface area contributed by atoms with Gasteiger partial charge in [-0.2, -0.15) is 0 Å². The van der Waals surface area contributed by atoms with E-state index in [2.05, 4.69) is 26.0 Å². The van der Waals surface area contributed by atoms with Crippen LogP contribution in [0, 0.1) is 12.8 Å². The molecule has 0 saturated heterocycles. The molecule has 1 unspecified atom stereocenters. The van der Waals surface area contributed by atoms with Crippen molar-refractivity contribution in [2.45, 2.75) is 26.9 Å². The van der Waals surface area contributed by atoms with Crippen molar-refractivity contribution < 1.29 is 14.2 Å². The van der Waals surface area contributed by atoms with Crippen molar-refractivity contribution in [2.75, 3.05) is 14.2 Å². The van der Waals surface area contributed by atoms with E-state index in [1.165, 1.54) is 0 Å². The molecule has 0 radical (unpaired) electrons. The van der Waals surface area contributed by atoms with Crippen LogP contribution in [0.25, 0.3) is 0 Å². The second-order valence-electron chi connectivity index (χ2n) is 5.64. The minimum Gasteiger partial charge on any atom is -0.493 e. The first kappa shape index (κ1) is 16.2. The number of hydrogen-bond acceptors (Lipinski definition) is 3. The van der Waals surface area contributed by atoms with Crippen molar-refractivity contribution in [2.24, 2.45) is 5.92 Å². The molecule has 2 aromatic carbocycles. The van der Waals surface area contributed by atoms with Gasteiger partial charge >= 0.3 is 0 Å². The van der Waals surface area contributed by atoms with Crippen LogP contribution in [0.4, 0.5) is 0 Å². The van der Waals surface area contributed by atoms with E-state index in [9.17, 15) is 0 Å². The van der Waals surface area contributed by atoms with Gasteiger partial charge < -0.3 is 14.2 Å². The van der Waals surface area contributed by atoms with Crippen LogP contribution in [-0.4, -0.2) is 14.2 Å². The zero-order chi connectivity index (χ0) is 16.1. The maximum atomic E-state index is 6.34. The van der Waals surface area contributed by atoms with Gasteiger partial charge in [-0.1, -0.05) is 50.2 Å². The molecular formula is C19H24O3. The van der Waals surface area contributed by atoms with Crippen LogP contribution in [0.15, 0.2) is 42.5 Å². The molecule has 0 bridgehead atoms. The third-order valence-corrected chi connectivity index (χ3v) is 3.68. The number of methoxy groups -OCH3 is 2. The van der Waals surface area contributed by atoms with Gasteiger partial charge in [-0.15, -0.1) is 0 Å². The molecule has 0 fully saturated rings. The molecule has 0 amide bonds. The molecule has 3 nitrogen and oxygen atoms in total. The van der Waals surface area contributed by atoms with E-state index in [0.29, 0.717) is 17.4 Å². The maximum Gasteiger partial charge on any atom is 0.204 e. The average Bonchev–Trinajstić information content (AvgIpc) is 2.53. The van der Waals surface area contributed by atoms with Gasteiger partial charge in [0.25, 0.3) is 0 Å². The van der Waals surface area contributed by atoms with E-state index in [0.717, 1.165) is 16.9 Å². The number of benzene rings is 2. The quantitative estimate of drug-likeness (QED) is 0.767. The molecule has 118 valence electrons. The van der Waals surface area contributed by atoms with Gasteiger partial charge in [-0.3, -0.25) is 0 Å². The first-order chi connectivity index (χ1) is 10.6. The lowest BCUT2D eigenvalue weighted by atomic mass is 9.99. The van der Waals surface area contributed by atoms with Crippen molar-refractivity contribution in [1.82, 2.24) is 0 Å². The molecule has 2 rings (SSSR count). The first-order valence-electron chi connectivity index (χ1n) is 7.51. The summed E-state index contributed by atoms with van der Waals surface area (Å²) in [5.41, 5.74) is 2.16. The normalized spacial score (nSPS) is 12.1. The van der Waals surface area contributed by atoms with E-state index < -0.39 is 0 Å². The van der Waals surface area contributed by atoms with Crippen molar-refractivity contribution in [3.63, 3.8) is 0 Å². The summed E-state index contributed by atoms with van der Waals surface area (Å²) < 4.78 is 17.3. The minimum absolute atomic E-state index is 0.0641. The zero-order valence-electron chi connectivity index (χ0n) is 13.9. The fraction of sp³-hybridized carbons (Fsp3) is 0.368. The Labute approximate surface area is 132 Å². The molecule has 0 aliphatic rings. The van der Waals surface area contributed by atoms with Gasteiger partial charge in [0.05, 0.1) is 14.2 Å². The number of hydrogen-bond donors (Lipinski definition) is 0. The van der Waals surface area contributed by atoms with Crippen LogP contribution in [0.3, 0.4) is 0 Å². The fourth-order valence-corrected chi connectivity index (χ4v) is 2.53. The molecule has 1 atom stereocenters. The van der Waals surface area contributed by atoms with Crippen LogP contribution in [-0.2, 0) is 0 Å². The molecule has 0 spiro atoms. The van der Waals surface area contributed by atoms with Crippen LogP contribution < -0.4 is 14.2 Å². The highest BCUT2D eigenvalue weighted by molar-refractivity contribution is 5.55. The number of ether oxygens (including phenoxy) is 3. The summed E-state index contributed by atoms with van der Waals surface area (Å²) >= 11 is 0. The minimum atomic E-state index is -0.0641. The SMILES string of the molecule is COc1ccc(C)c(OC)c1OC(c1ccccc1)C(C)C. The smallest absolute Gasteiger partial charge is 0.204 e. The Kier molecular flexibility index (Phi) is 5.31. The second-order valence-corrected chi connectivity index (χ2v) is 5.64. The Morgan fingerprint density at radius 2 is 1.50 bits per heavy atom. The summed E-state index contributed by atoms with van der Waals surface area (Å²) in [6.45, 7) is 6.29. The van der Waals surface area contributed by atoms with Gasteiger partial charge in [0.15, 0.2) is 11.5 Å². The summed E-state index contributed by atoms with van der Waals surface area (Å²) in [4.78, 5) is 0. The summed E-state index contributed by atoms with van der Waals surface area (Å²) in [5.74, 6) is 2.38. The number of aryl methyl sites for hydroxylation is 1. The van der Waals surface area contributed by atoms with Crippen LogP contribution >= 0.6 is 0 Å². The largest absolute Gasteiger partial charge is 0.493 e. The molecule has 0 aliphatic carbocycles. The lowest BCUT2D eigenvalue weighted by molar-refractivity contribution is 0.142. The highest BCUT2D eigenvalue weighted by Gasteiger charge is 2.23. The standard InChI is InChI=1S/C19H24O3/c1-13(2)17(15-9-7-6-8-10-15)22-19-16(20-4)12-11-14(3)18(19)21-5/h6-13,17H,1-5H3. The summed E-state index contributed by atoms with van der Waals surface area (Å²) in [6, 6.07) is 14.1. The van der Waals surface area contributed by atoms with Crippen molar-refractivity contribution in [1.29, 1.82) is 0 Å². The van der Waals surface area contributed by atoms with E-state index in [1.807, 2.05) is 37.3 Å². The molecular weight excluding hydrogens is 276 g/mol. The highest BCUT2D eigenvalue weighted by atomic mass is 16.5. The molecule has 0 heterocycles. The molecule has 0 aromatic heterocycles. The van der Waals surface area contributed by atoms with Gasteiger partial charge in [0, 0.05) is 0 Å². The van der Waals surface area contributed by atoms with Crippen LogP contribution in [0.2, 0.25) is 0 Å². The third kappa shape index (κ3) is 3.35. The molecule has 2 aromatic rings. The Balaban J connectivity index is 2.44. The molecule has 0 N–H and O–H groups in total. The Hall–Kier alpha value is -2.16. The van der Waals surface area contributed by atoms with Crippen LogP contribution in [0.1, 0.15) is 31.1 Å². The molecule has 22 heavy (non-hydrogen) atoms. The van der Waals surface area contributed by atoms with E-state index in [4.69, 9.17) is 14.2 Å². The van der Waals surface area contributed by atoms with Crippen molar-refractivity contribution >= 4 is 0 Å². The Bertz CT molecular complexity index is 606. The first-order valence-corrected chi connectivity index (χ1v) is 7.51. The van der Waals surface area contributed by atoms with Gasteiger partial charge in [0.1, 0.15) is 6.10 Å².